The highest BCUT2D eigenvalue weighted by atomic mass is 35.5. The van der Waals surface area contributed by atoms with E-state index in [1.807, 2.05) is 6.92 Å². The van der Waals surface area contributed by atoms with E-state index in [4.69, 9.17) is 16.3 Å². The zero-order chi connectivity index (χ0) is 11.3. The lowest BCUT2D eigenvalue weighted by Gasteiger charge is -2.13. The molecule has 1 atom stereocenters. The van der Waals surface area contributed by atoms with Gasteiger partial charge in [-0.15, -0.1) is 11.6 Å². The number of aliphatic hydroxyl groups is 1. The Labute approximate surface area is 94.8 Å². The zero-order valence-corrected chi connectivity index (χ0v) is 9.87. The summed E-state index contributed by atoms with van der Waals surface area (Å²) >= 11 is 5.59. The van der Waals surface area contributed by atoms with Gasteiger partial charge in [0.05, 0.1) is 19.4 Å². The van der Waals surface area contributed by atoms with E-state index in [0.29, 0.717) is 18.1 Å². The lowest BCUT2D eigenvalue weighted by Crippen LogP contribution is -2.09. The molecule has 0 saturated heterocycles. The molecular weight excluding hydrogens is 216 g/mol. The summed E-state index contributed by atoms with van der Waals surface area (Å²) < 4.78 is 6.90. The molecule has 0 fully saturated rings. The Hall–Kier alpha value is -0.740. The Morgan fingerprint density at radius 2 is 2.40 bits per heavy atom. The summed E-state index contributed by atoms with van der Waals surface area (Å²) in [4.78, 5) is 0. The summed E-state index contributed by atoms with van der Waals surface area (Å²) in [7, 11) is 1.58. The van der Waals surface area contributed by atoms with Crippen LogP contribution in [0.1, 0.15) is 31.6 Å². The third-order valence-electron chi connectivity index (χ3n) is 2.29. The van der Waals surface area contributed by atoms with Crippen LogP contribution in [0.4, 0.5) is 0 Å². The van der Waals surface area contributed by atoms with E-state index < -0.39 is 6.10 Å². The van der Waals surface area contributed by atoms with Gasteiger partial charge in [-0.2, -0.15) is 5.10 Å². The predicted octanol–water partition coefficient (Wildman–Crippen LogP) is 1.96. The zero-order valence-electron chi connectivity index (χ0n) is 9.11. The molecule has 0 aliphatic carbocycles. The van der Waals surface area contributed by atoms with Crippen LogP contribution in [-0.2, 0) is 6.54 Å². The molecule has 4 nitrogen and oxygen atoms in total. The highest BCUT2D eigenvalue weighted by Crippen LogP contribution is 2.27. The molecule has 0 saturated carbocycles. The Balaban J connectivity index is 2.83. The number of alkyl halides is 1. The van der Waals surface area contributed by atoms with Crippen LogP contribution in [0.15, 0.2) is 6.20 Å². The summed E-state index contributed by atoms with van der Waals surface area (Å²) in [5.41, 5.74) is 0.741. The van der Waals surface area contributed by atoms with Crippen molar-refractivity contribution in [3.05, 3.63) is 11.9 Å². The Bertz CT molecular complexity index is 280. The molecule has 1 aromatic heterocycles. The first kappa shape index (κ1) is 12.3. The second-order valence-corrected chi connectivity index (χ2v) is 3.64. The minimum Gasteiger partial charge on any atom is -0.493 e. The molecule has 1 rings (SSSR count). The molecule has 0 aliphatic rings. The molecular formula is C10H17ClN2O2. The van der Waals surface area contributed by atoms with E-state index in [1.54, 1.807) is 18.0 Å². The first-order valence-corrected chi connectivity index (χ1v) is 5.61. The van der Waals surface area contributed by atoms with Crippen LogP contribution in [0.3, 0.4) is 0 Å². The van der Waals surface area contributed by atoms with Crippen LogP contribution in [-0.4, -0.2) is 27.9 Å². The smallest absolute Gasteiger partial charge is 0.162 e. The summed E-state index contributed by atoms with van der Waals surface area (Å²) in [6.45, 7) is 2.70. The first-order chi connectivity index (χ1) is 7.24. The first-order valence-electron chi connectivity index (χ1n) is 5.08. The molecule has 0 bridgehead atoms. The molecule has 1 heterocycles. The van der Waals surface area contributed by atoms with Crippen molar-refractivity contribution in [3.8, 4) is 5.75 Å². The van der Waals surface area contributed by atoms with Crippen LogP contribution in [0.5, 0.6) is 5.75 Å². The maximum absolute atomic E-state index is 9.96. The largest absolute Gasteiger partial charge is 0.493 e. The number of hydrogen-bond acceptors (Lipinski definition) is 3. The lowest BCUT2D eigenvalue weighted by atomic mass is 10.1. The molecule has 0 aromatic carbocycles. The van der Waals surface area contributed by atoms with Gasteiger partial charge in [0.2, 0.25) is 0 Å². The number of aliphatic hydroxyl groups excluding tert-OH is 1. The van der Waals surface area contributed by atoms with Gasteiger partial charge in [-0.25, -0.2) is 0 Å². The van der Waals surface area contributed by atoms with E-state index in [0.717, 1.165) is 18.7 Å². The van der Waals surface area contributed by atoms with E-state index in [2.05, 4.69) is 5.10 Å². The number of ether oxygens (including phenoxy) is 1. The predicted molar refractivity (Wildman–Crippen MR) is 59.4 cm³/mol. The summed E-state index contributed by atoms with van der Waals surface area (Å²) in [6, 6.07) is 0. The standard InChI is InChI=1S/C10H17ClN2O2/c1-3-13-10(8(14)5-4-6-11)9(15-2)7-12-13/h7-8,14H,3-6H2,1-2H3. The average Bonchev–Trinajstić information content (AvgIpc) is 2.68. The van der Waals surface area contributed by atoms with Crippen LogP contribution >= 0.6 is 11.6 Å². The number of aryl methyl sites for hydroxylation is 1. The van der Waals surface area contributed by atoms with Crippen molar-refractivity contribution in [2.24, 2.45) is 0 Å². The quantitative estimate of drug-likeness (QED) is 0.763. The van der Waals surface area contributed by atoms with Crippen molar-refractivity contribution in [2.75, 3.05) is 13.0 Å². The molecule has 1 unspecified atom stereocenters. The third-order valence-corrected chi connectivity index (χ3v) is 2.56. The average molecular weight is 233 g/mol. The molecule has 0 radical (unpaired) electrons. The molecule has 1 N–H and O–H groups in total. The van der Waals surface area contributed by atoms with Gasteiger partial charge in [-0.1, -0.05) is 0 Å². The van der Waals surface area contributed by atoms with Crippen LogP contribution in [0.25, 0.3) is 0 Å². The Morgan fingerprint density at radius 1 is 1.67 bits per heavy atom. The van der Waals surface area contributed by atoms with Crippen LogP contribution in [0, 0.1) is 0 Å². The summed E-state index contributed by atoms with van der Waals surface area (Å²) in [5, 5.41) is 14.1. The van der Waals surface area contributed by atoms with Crippen LogP contribution in [0.2, 0.25) is 0 Å². The van der Waals surface area contributed by atoms with Crippen LogP contribution < -0.4 is 4.74 Å². The molecule has 0 spiro atoms. The van der Waals surface area contributed by atoms with Gasteiger partial charge >= 0.3 is 0 Å². The number of methoxy groups -OCH3 is 1. The molecule has 0 amide bonds. The molecule has 1 aromatic rings. The fourth-order valence-corrected chi connectivity index (χ4v) is 1.68. The number of rotatable bonds is 6. The number of hydrogen-bond donors (Lipinski definition) is 1. The van der Waals surface area contributed by atoms with Crippen molar-refractivity contribution < 1.29 is 9.84 Å². The summed E-state index contributed by atoms with van der Waals surface area (Å²) in [6.07, 6.45) is 2.48. The minimum atomic E-state index is -0.554. The summed E-state index contributed by atoms with van der Waals surface area (Å²) in [5.74, 6) is 1.19. The minimum absolute atomic E-state index is 0.554. The number of nitrogens with zero attached hydrogens (tertiary/aromatic N) is 2. The second-order valence-electron chi connectivity index (χ2n) is 3.26. The van der Waals surface area contributed by atoms with Crippen molar-refractivity contribution >= 4 is 11.6 Å². The Kier molecular flexibility index (Phi) is 4.91. The second kappa shape index (κ2) is 5.98. The molecule has 5 heteroatoms. The normalized spacial score (nSPS) is 12.8. The van der Waals surface area contributed by atoms with E-state index in [1.165, 1.54) is 0 Å². The Morgan fingerprint density at radius 3 is 2.93 bits per heavy atom. The topological polar surface area (TPSA) is 47.3 Å². The highest BCUT2D eigenvalue weighted by Gasteiger charge is 2.18. The van der Waals surface area contributed by atoms with Crippen molar-refractivity contribution in [1.82, 2.24) is 9.78 Å². The van der Waals surface area contributed by atoms with E-state index in [-0.39, 0.29) is 0 Å². The maximum Gasteiger partial charge on any atom is 0.162 e. The van der Waals surface area contributed by atoms with E-state index in [9.17, 15) is 5.11 Å². The van der Waals surface area contributed by atoms with Gasteiger partial charge < -0.3 is 9.84 Å². The van der Waals surface area contributed by atoms with Gasteiger partial charge in [0, 0.05) is 12.4 Å². The molecule has 86 valence electrons. The third kappa shape index (κ3) is 2.86. The fourth-order valence-electron chi connectivity index (χ4n) is 1.53. The van der Waals surface area contributed by atoms with Gasteiger partial charge in [-0.3, -0.25) is 4.68 Å². The molecule has 0 aliphatic heterocycles. The van der Waals surface area contributed by atoms with Crippen molar-refractivity contribution in [3.63, 3.8) is 0 Å². The van der Waals surface area contributed by atoms with Gasteiger partial charge in [0.25, 0.3) is 0 Å². The number of halogens is 1. The maximum atomic E-state index is 9.96. The van der Waals surface area contributed by atoms with Gasteiger partial charge in [-0.05, 0) is 19.8 Å². The monoisotopic (exact) mass is 232 g/mol. The fraction of sp³-hybridized carbons (Fsp3) is 0.700. The molecule has 15 heavy (non-hydrogen) atoms. The highest BCUT2D eigenvalue weighted by molar-refractivity contribution is 6.17. The van der Waals surface area contributed by atoms with Crippen molar-refractivity contribution in [1.29, 1.82) is 0 Å². The van der Waals surface area contributed by atoms with Gasteiger partial charge in [0.1, 0.15) is 5.69 Å². The lowest BCUT2D eigenvalue weighted by molar-refractivity contribution is 0.152. The van der Waals surface area contributed by atoms with E-state index >= 15 is 0 Å². The number of aromatic nitrogens is 2. The SMILES string of the molecule is CCn1ncc(OC)c1C(O)CCCCl. The van der Waals surface area contributed by atoms with Gasteiger partial charge in [0.15, 0.2) is 5.75 Å². The van der Waals surface area contributed by atoms with Crippen molar-refractivity contribution in [2.45, 2.75) is 32.4 Å².